The summed E-state index contributed by atoms with van der Waals surface area (Å²) in [5.74, 6) is 1.38. The molecule has 31 heavy (non-hydrogen) atoms. The van der Waals surface area contributed by atoms with E-state index in [2.05, 4.69) is 53.2 Å². The first-order chi connectivity index (χ1) is 15.0. The second-order valence-corrected chi connectivity index (χ2v) is 9.06. The molecule has 0 aliphatic carbocycles. The van der Waals surface area contributed by atoms with Gasteiger partial charge in [0.25, 0.3) is 0 Å². The number of β-amino-alcohol motifs (C(OH)–C–C–N with tert-alkyl or cyclic N) is 1. The van der Waals surface area contributed by atoms with Crippen molar-refractivity contribution in [2.24, 2.45) is 5.92 Å². The molecule has 0 radical (unpaired) electrons. The molecule has 6 nitrogen and oxygen atoms in total. The first-order valence-electron chi connectivity index (χ1n) is 11.3. The number of carbonyl (C=O) groups excluding carboxylic acids is 1. The van der Waals surface area contributed by atoms with Crippen LogP contribution in [0, 0.1) is 5.92 Å². The Balaban J connectivity index is 1.20. The molecule has 0 aromatic heterocycles. The van der Waals surface area contributed by atoms with Crippen LogP contribution in [0.3, 0.4) is 0 Å². The van der Waals surface area contributed by atoms with E-state index in [-0.39, 0.29) is 12.5 Å². The number of amides is 1. The van der Waals surface area contributed by atoms with Crippen molar-refractivity contribution in [2.45, 2.75) is 32.8 Å². The number of hydrogen-bond acceptors (Lipinski definition) is 5. The van der Waals surface area contributed by atoms with Crippen molar-refractivity contribution in [3.8, 4) is 5.75 Å². The van der Waals surface area contributed by atoms with Gasteiger partial charge in [-0.3, -0.25) is 9.69 Å². The van der Waals surface area contributed by atoms with Gasteiger partial charge < -0.3 is 20.1 Å². The van der Waals surface area contributed by atoms with Crippen molar-refractivity contribution >= 4 is 17.3 Å². The molecule has 0 spiro atoms. The van der Waals surface area contributed by atoms with Crippen LogP contribution in [-0.2, 0) is 17.6 Å². The lowest BCUT2D eigenvalue weighted by Crippen LogP contribution is -2.49. The fourth-order valence-electron chi connectivity index (χ4n) is 4.34. The van der Waals surface area contributed by atoms with Gasteiger partial charge in [-0.1, -0.05) is 26.0 Å². The van der Waals surface area contributed by atoms with Crippen LogP contribution in [0.2, 0.25) is 0 Å². The van der Waals surface area contributed by atoms with Gasteiger partial charge >= 0.3 is 0 Å². The molecular formula is C25H33N3O3. The van der Waals surface area contributed by atoms with E-state index in [1.54, 1.807) is 0 Å². The summed E-state index contributed by atoms with van der Waals surface area (Å²) in [7, 11) is 0. The van der Waals surface area contributed by atoms with E-state index in [9.17, 15) is 9.90 Å². The van der Waals surface area contributed by atoms with Crippen molar-refractivity contribution in [2.75, 3.05) is 49.5 Å². The summed E-state index contributed by atoms with van der Waals surface area (Å²) in [6.07, 6.45) is 0.962. The van der Waals surface area contributed by atoms with Crippen LogP contribution >= 0.6 is 0 Å². The molecule has 1 saturated heterocycles. The largest absolute Gasteiger partial charge is 0.491 e. The summed E-state index contributed by atoms with van der Waals surface area (Å²) >= 11 is 0. The number of aliphatic hydroxyl groups is 1. The zero-order valence-corrected chi connectivity index (χ0v) is 18.5. The smallest absolute Gasteiger partial charge is 0.228 e. The van der Waals surface area contributed by atoms with Crippen LogP contribution in [0.5, 0.6) is 5.75 Å². The number of rotatable bonds is 8. The van der Waals surface area contributed by atoms with Crippen LogP contribution in [0.15, 0.2) is 42.5 Å². The average molecular weight is 424 g/mol. The number of hydrogen-bond donors (Lipinski definition) is 2. The van der Waals surface area contributed by atoms with Gasteiger partial charge in [-0.25, -0.2) is 0 Å². The molecule has 6 heteroatoms. The topological polar surface area (TPSA) is 65.0 Å². The molecule has 2 aliphatic heterocycles. The molecule has 166 valence electrons. The third kappa shape index (κ3) is 5.77. The van der Waals surface area contributed by atoms with Gasteiger partial charge in [0.2, 0.25) is 5.91 Å². The predicted octanol–water partition coefficient (Wildman–Crippen LogP) is 2.94. The minimum absolute atomic E-state index is 0.0119. The molecule has 1 fully saturated rings. The number of aliphatic hydroxyl groups excluding tert-OH is 1. The van der Waals surface area contributed by atoms with E-state index >= 15 is 0 Å². The summed E-state index contributed by atoms with van der Waals surface area (Å²) < 4.78 is 5.77. The molecule has 2 N–H and O–H groups in total. The standard InChI is InChI=1S/C25H33N3O3/c1-18(2)13-19-3-5-21(6-4-19)28-11-9-27(10-12-28)16-22(29)17-31-23-7-8-24-20(14-23)15-25(30)26-24/h3-8,14,18,22,29H,9-13,15-17H2,1-2H3,(H,26,30). The quantitative estimate of drug-likeness (QED) is 0.684. The Morgan fingerprint density at radius 3 is 2.52 bits per heavy atom. The van der Waals surface area contributed by atoms with Gasteiger partial charge in [0.1, 0.15) is 18.5 Å². The Morgan fingerprint density at radius 2 is 1.81 bits per heavy atom. The summed E-state index contributed by atoms with van der Waals surface area (Å²) in [4.78, 5) is 16.2. The molecule has 2 heterocycles. The van der Waals surface area contributed by atoms with Crippen LogP contribution < -0.4 is 15.0 Å². The first-order valence-corrected chi connectivity index (χ1v) is 11.3. The van der Waals surface area contributed by atoms with E-state index in [1.807, 2.05) is 18.2 Å². The van der Waals surface area contributed by atoms with Crippen molar-refractivity contribution < 1.29 is 14.6 Å². The number of fused-ring (bicyclic) bond motifs is 1. The van der Waals surface area contributed by atoms with Gasteiger partial charge in [0.05, 0.1) is 6.42 Å². The van der Waals surface area contributed by atoms with E-state index in [4.69, 9.17) is 4.74 Å². The Hall–Kier alpha value is -2.57. The predicted molar refractivity (Wildman–Crippen MR) is 124 cm³/mol. The Morgan fingerprint density at radius 1 is 1.06 bits per heavy atom. The minimum Gasteiger partial charge on any atom is -0.491 e. The SMILES string of the molecule is CC(C)Cc1ccc(N2CCN(CC(O)COc3ccc4c(c3)CC(=O)N4)CC2)cc1. The number of benzene rings is 2. The van der Waals surface area contributed by atoms with Crippen molar-refractivity contribution in [3.63, 3.8) is 0 Å². The van der Waals surface area contributed by atoms with E-state index in [1.165, 1.54) is 11.3 Å². The first kappa shape index (κ1) is 21.7. The third-order valence-electron chi connectivity index (χ3n) is 5.93. The van der Waals surface area contributed by atoms with Crippen LogP contribution in [0.25, 0.3) is 0 Å². The molecule has 2 aromatic carbocycles. The molecular weight excluding hydrogens is 390 g/mol. The van der Waals surface area contributed by atoms with Crippen molar-refractivity contribution in [3.05, 3.63) is 53.6 Å². The van der Waals surface area contributed by atoms with Gasteiger partial charge in [0.15, 0.2) is 0 Å². The number of piperazine rings is 1. The number of carbonyl (C=O) groups is 1. The normalized spacial score (nSPS) is 17.5. The monoisotopic (exact) mass is 423 g/mol. The number of anilines is 2. The lowest BCUT2D eigenvalue weighted by molar-refractivity contribution is -0.115. The number of nitrogens with one attached hydrogen (secondary N) is 1. The minimum atomic E-state index is -0.546. The Kier molecular flexibility index (Phi) is 6.78. The molecule has 0 saturated carbocycles. The molecule has 2 aromatic rings. The van der Waals surface area contributed by atoms with Gasteiger partial charge in [-0.2, -0.15) is 0 Å². The van der Waals surface area contributed by atoms with Crippen molar-refractivity contribution in [1.29, 1.82) is 0 Å². The molecule has 1 amide bonds. The maximum Gasteiger partial charge on any atom is 0.228 e. The maximum atomic E-state index is 11.5. The summed E-state index contributed by atoms with van der Waals surface area (Å²) in [6.45, 7) is 9.13. The highest BCUT2D eigenvalue weighted by Gasteiger charge is 2.21. The van der Waals surface area contributed by atoms with Gasteiger partial charge in [-0.15, -0.1) is 0 Å². The van der Waals surface area contributed by atoms with Crippen LogP contribution in [-0.4, -0.2) is 61.3 Å². The summed E-state index contributed by atoms with van der Waals surface area (Å²) in [6, 6.07) is 14.5. The molecule has 1 atom stereocenters. The fourth-order valence-corrected chi connectivity index (χ4v) is 4.34. The number of ether oxygens (including phenoxy) is 1. The van der Waals surface area contributed by atoms with E-state index < -0.39 is 6.10 Å². The highest BCUT2D eigenvalue weighted by Crippen LogP contribution is 2.27. The fraction of sp³-hybridized carbons (Fsp3) is 0.480. The molecule has 4 rings (SSSR count). The van der Waals surface area contributed by atoms with E-state index in [0.717, 1.165) is 43.9 Å². The lowest BCUT2D eigenvalue weighted by atomic mass is 10.0. The zero-order valence-electron chi connectivity index (χ0n) is 18.5. The number of nitrogens with zero attached hydrogens (tertiary/aromatic N) is 2. The van der Waals surface area contributed by atoms with Gasteiger partial charge in [0, 0.05) is 44.1 Å². The molecule has 1 unspecified atom stereocenters. The second-order valence-electron chi connectivity index (χ2n) is 9.06. The van der Waals surface area contributed by atoms with Crippen LogP contribution in [0.4, 0.5) is 11.4 Å². The second kappa shape index (κ2) is 9.71. The van der Waals surface area contributed by atoms with Crippen molar-refractivity contribution in [1.82, 2.24) is 4.90 Å². The third-order valence-corrected chi connectivity index (χ3v) is 5.93. The highest BCUT2D eigenvalue weighted by molar-refractivity contribution is 5.99. The molecule has 0 bridgehead atoms. The van der Waals surface area contributed by atoms with E-state index in [0.29, 0.717) is 24.6 Å². The Bertz CT molecular complexity index is 889. The molecule has 2 aliphatic rings. The Labute approximate surface area is 184 Å². The maximum absolute atomic E-state index is 11.5. The highest BCUT2D eigenvalue weighted by atomic mass is 16.5. The van der Waals surface area contributed by atoms with Gasteiger partial charge in [-0.05, 0) is 53.8 Å². The average Bonchev–Trinajstić information content (AvgIpc) is 3.12. The van der Waals surface area contributed by atoms with Crippen LogP contribution in [0.1, 0.15) is 25.0 Å². The zero-order chi connectivity index (χ0) is 21.8. The summed E-state index contributed by atoms with van der Waals surface area (Å²) in [5, 5.41) is 13.3. The summed E-state index contributed by atoms with van der Waals surface area (Å²) in [5.41, 5.74) is 4.48. The lowest BCUT2D eigenvalue weighted by Gasteiger charge is -2.37.